The van der Waals surface area contributed by atoms with Gasteiger partial charge in [0.25, 0.3) is 0 Å². The van der Waals surface area contributed by atoms with E-state index in [1.54, 1.807) is 0 Å². The van der Waals surface area contributed by atoms with Gasteiger partial charge in [0.2, 0.25) is 0 Å². The molecule has 0 aliphatic rings. The molecule has 0 bridgehead atoms. The van der Waals surface area contributed by atoms with Crippen molar-refractivity contribution in [2.24, 2.45) is 17.2 Å². The average Bonchev–Trinajstić information content (AvgIpc) is 2.25. The van der Waals surface area contributed by atoms with E-state index in [9.17, 15) is 0 Å². The van der Waals surface area contributed by atoms with Crippen LogP contribution in [0.15, 0.2) is 18.7 Å². The van der Waals surface area contributed by atoms with E-state index in [0.717, 1.165) is 12.0 Å². The number of nitrogens with one attached hydrogen (secondary N) is 1. The van der Waals surface area contributed by atoms with Crippen molar-refractivity contribution in [1.29, 1.82) is 0 Å². The highest BCUT2D eigenvalue weighted by Gasteiger charge is 2.24. The van der Waals surface area contributed by atoms with Crippen LogP contribution in [0, 0.1) is 11.3 Å². The van der Waals surface area contributed by atoms with Gasteiger partial charge in [-0.25, -0.2) is 9.97 Å². The van der Waals surface area contributed by atoms with Gasteiger partial charge in [0.05, 0.1) is 0 Å². The van der Waals surface area contributed by atoms with E-state index >= 15 is 0 Å². The molecular weight excluding hydrogens is 200 g/mol. The van der Waals surface area contributed by atoms with Gasteiger partial charge in [-0.2, -0.15) is 0 Å². The van der Waals surface area contributed by atoms with E-state index < -0.39 is 0 Å². The maximum Gasteiger partial charge on any atom is 0.115 e. The van der Waals surface area contributed by atoms with Crippen LogP contribution in [-0.4, -0.2) is 9.97 Å². The lowest BCUT2D eigenvalue weighted by molar-refractivity contribution is 0.223. The summed E-state index contributed by atoms with van der Waals surface area (Å²) in [5.41, 5.74) is 4.17. The molecule has 0 spiro atoms. The largest absolute Gasteiger partial charge is 0.271 e. The SMILES string of the molecule is CC(CC(NN)c1cncnc1)C(C)(C)C. The van der Waals surface area contributed by atoms with E-state index in [2.05, 4.69) is 43.1 Å². The Balaban J connectivity index is 2.70. The Bertz CT molecular complexity index is 305. The van der Waals surface area contributed by atoms with Gasteiger partial charge in [-0.15, -0.1) is 0 Å². The zero-order valence-corrected chi connectivity index (χ0v) is 10.6. The Kier molecular flexibility index (Phi) is 4.38. The van der Waals surface area contributed by atoms with E-state index in [1.165, 1.54) is 6.33 Å². The van der Waals surface area contributed by atoms with Crippen LogP contribution in [0.2, 0.25) is 0 Å². The van der Waals surface area contributed by atoms with Crippen LogP contribution in [0.5, 0.6) is 0 Å². The summed E-state index contributed by atoms with van der Waals surface area (Å²) in [6.07, 6.45) is 6.14. The molecule has 3 N–H and O–H groups in total. The predicted octanol–water partition coefficient (Wildman–Crippen LogP) is 2.05. The van der Waals surface area contributed by atoms with Crippen molar-refractivity contribution in [2.45, 2.75) is 40.2 Å². The van der Waals surface area contributed by atoms with Crippen LogP contribution >= 0.6 is 0 Å². The summed E-state index contributed by atoms with van der Waals surface area (Å²) in [5, 5.41) is 0. The van der Waals surface area contributed by atoms with Crippen molar-refractivity contribution in [2.75, 3.05) is 0 Å². The first kappa shape index (κ1) is 13.1. The molecule has 0 aliphatic carbocycles. The summed E-state index contributed by atoms with van der Waals surface area (Å²) in [7, 11) is 0. The smallest absolute Gasteiger partial charge is 0.115 e. The van der Waals surface area contributed by atoms with E-state index in [-0.39, 0.29) is 11.5 Å². The van der Waals surface area contributed by atoms with E-state index in [1.807, 2.05) is 12.4 Å². The number of hydrogen-bond acceptors (Lipinski definition) is 4. The van der Waals surface area contributed by atoms with Gasteiger partial charge < -0.3 is 0 Å². The molecule has 0 aromatic carbocycles. The van der Waals surface area contributed by atoms with Crippen LogP contribution in [-0.2, 0) is 0 Å². The number of aromatic nitrogens is 2. The monoisotopic (exact) mass is 222 g/mol. The molecule has 1 aromatic rings. The van der Waals surface area contributed by atoms with Gasteiger partial charge in [0.1, 0.15) is 6.33 Å². The molecule has 16 heavy (non-hydrogen) atoms. The van der Waals surface area contributed by atoms with Gasteiger partial charge in [-0.05, 0) is 17.8 Å². The fourth-order valence-corrected chi connectivity index (χ4v) is 1.50. The fourth-order valence-electron chi connectivity index (χ4n) is 1.50. The molecule has 1 heterocycles. The normalized spacial score (nSPS) is 15.8. The minimum Gasteiger partial charge on any atom is -0.271 e. The molecule has 1 aromatic heterocycles. The van der Waals surface area contributed by atoms with Crippen molar-refractivity contribution in [3.8, 4) is 0 Å². The van der Waals surface area contributed by atoms with E-state index in [0.29, 0.717) is 5.92 Å². The summed E-state index contributed by atoms with van der Waals surface area (Å²) in [4.78, 5) is 8.03. The molecule has 2 atom stereocenters. The van der Waals surface area contributed by atoms with Gasteiger partial charge >= 0.3 is 0 Å². The maximum atomic E-state index is 5.59. The average molecular weight is 222 g/mol. The summed E-state index contributed by atoms with van der Waals surface area (Å²) in [6.45, 7) is 8.97. The summed E-state index contributed by atoms with van der Waals surface area (Å²) in [6, 6.07) is 0.121. The minimum atomic E-state index is 0.121. The molecule has 0 radical (unpaired) electrons. The molecule has 4 nitrogen and oxygen atoms in total. The minimum absolute atomic E-state index is 0.121. The molecule has 0 saturated carbocycles. The third-order valence-corrected chi connectivity index (χ3v) is 3.25. The zero-order chi connectivity index (χ0) is 12.2. The van der Waals surface area contributed by atoms with Gasteiger partial charge in [-0.1, -0.05) is 27.7 Å². The Hall–Kier alpha value is -1.00. The highest BCUT2D eigenvalue weighted by Crippen LogP contribution is 2.32. The molecule has 90 valence electrons. The lowest BCUT2D eigenvalue weighted by Crippen LogP contribution is -2.32. The second kappa shape index (κ2) is 5.37. The van der Waals surface area contributed by atoms with Crippen LogP contribution in [0.4, 0.5) is 0 Å². The maximum absolute atomic E-state index is 5.59. The van der Waals surface area contributed by atoms with Gasteiger partial charge in [0, 0.05) is 24.0 Å². The molecule has 1 rings (SSSR count). The third-order valence-electron chi connectivity index (χ3n) is 3.25. The lowest BCUT2D eigenvalue weighted by atomic mass is 9.78. The van der Waals surface area contributed by atoms with Crippen molar-refractivity contribution in [3.05, 3.63) is 24.3 Å². The summed E-state index contributed by atoms with van der Waals surface area (Å²) in [5.74, 6) is 6.15. The van der Waals surface area contributed by atoms with Gasteiger partial charge in [0.15, 0.2) is 0 Å². The van der Waals surface area contributed by atoms with Crippen molar-refractivity contribution in [1.82, 2.24) is 15.4 Å². The van der Waals surface area contributed by atoms with Crippen molar-refractivity contribution >= 4 is 0 Å². The van der Waals surface area contributed by atoms with Gasteiger partial charge in [-0.3, -0.25) is 11.3 Å². The van der Waals surface area contributed by atoms with Crippen LogP contribution < -0.4 is 11.3 Å². The highest BCUT2D eigenvalue weighted by molar-refractivity contribution is 5.09. The summed E-state index contributed by atoms with van der Waals surface area (Å²) < 4.78 is 0. The Morgan fingerprint density at radius 2 is 1.88 bits per heavy atom. The number of hydrazine groups is 1. The van der Waals surface area contributed by atoms with E-state index in [4.69, 9.17) is 5.84 Å². The zero-order valence-electron chi connectivity index (χ0n) is 10.6. The number of hydrogen-bond donors (Lipinski definition) is 2. The summed E-state index contributed by atoms with van der Waals surface area (Å²) >= 11 is 0. The fraction of sp³-hybridized carbons (Fsp3) is 0.667. The van der Waals surface area contributed by atoms with Crippen molar-refractivity contribution < 1.29 is 0 Å². The predicted molar refractivity (Wildman–Crippen MR) is 65.3 cm³/mol. The first-order valence-electron chi connectivity index (χ1n) is 5.66. The first-order valence-corrected chi connectivity index (χ1v) is 5.66. The number of nitrogens with zero attached hydrogens (tertiary/aromatic N) is 2. The second-order valence-corrected chi connectivity index (χ2v) is 5.39. The van der Waals surface area contributed by atoms with Crippen molar-refractivity contribution in [3.63, 3.8) is 0 Å². The first-order chi connectivity index (χ1) is 7.45. The molecule has 0 amide bonds. The number of rotatable bonds is 4. The van der Waals surface area contributed by atoms with Crippen LogP contribution in [0.1, 0.15) is 45.7 Å². The highest BCUT2D eigenvalue weighted by atomic mass is 15.2. The standard InChI is InChI=1S/C12H22N4/c1-9(12(2,3)4)5-11(16-13)10-6-14-8-15-7-10/h6-9,11,16H,5,13H2,1-4H3. The number of nitrogens with two attached hydrogens (primary N) is 1. The second-order valence-electron chi connectivity index (χ2n) is 5.39. The lowest BCUT2D eigenvalue weighted by Gasteiger charge is -2.30. The molecule has 0 fully saturated rings. The Morgan fingerprint density at radius 1 is 1.31 bits per heavy atom. The molecule has 2 unspecified atom stereocenters. The Labute approximate surface area is 97.7 Å². The van der Waals surface area contributed by atoms with Crippen LogP contribution in [0.25, 0.3) is 0 Å². The Morgan fingerprint density at radius 3 is 2.31 bits per heavy atom. The quantitative estimate of drug-likeness (QED) is 0.604. The molecule has 0 saturated heterocycles. The molecule has 0 aliphatic heterocycles. The molecular formula is C12H22N4. The third kappa shape index (κ3) is 3.54. The topological polar surface area (TPSA) is 63.8 Å². The molecule has 4 heteroatoms. The van der Waals surface area contributed by atoms with Crippen LogP contribution in [0.3, 0.4) is 0 Å².